The van der Waals surface area contributed by atoms with Crippen molar-refractivity contribution in [3.05, 3.63) is 72.3 Å². The number of rotatable bonds is 7. The topological polar surface area (TPSA) is 52.6 Å². The highest BCUT2D eigenvalue weighted by Gasteiger charge is 2.16. The van der Waals surface area contributed by atoms with Crippen LogP contribution >= 0.6 is 0 Å². The van der Waals surface area contributed by atoms with E-state index in [1.165, 1.54) is 0 Å². The number of fused-ring (bicyclic) bond motifs is 1. The molecule has 5 heteroatoms. The zero-order chi connectivity index (χ0) is 17.7. The molecule has 0 heterocycles. The molecule has 0 saturated carbocycles. The molecule has 0 fully saturated rings. The van der Waals surface area contributed by atoms with Gasteiger partial charge in [-0.3, -0.25) is 4.18 Å². The summed E-state index contributed by atoms with van der Waals surface area (Å²) in [4.78, 5) is 0.213. The van der Waals surface area contributed by atoms with Crippen molar-refractivity contribution in [2.24, 2.45) is 0 Å². The molecule has 0 aliphatic heterocycles. The summed E-state index contributed by atoms with van der Waals surface area (Å²) >= 11 is 0. The van der Waals surface area contributed by atoms with Gasteiger partial charge in [-0.05, 0) is 41.5 Å². The Labute approximate surface area is 148 Å². The van der Waals surface area contributed by atoms with Gasteiger partial charge in [0.15, 0.2) is 0 Å². The first-order valence-electron chi connectivity index (χ1n) is 8.13. The molecule has 0 aliphatic carbocycles. The second kappa shape index (κ2) is 7.68. The number of benzene rings is 3. The highest BCUT2D eigenvalue weighted by Crippen LogP contribution is 2.21. The maximum Gasteiger partial charge on any atom is 0.297 e. The summed E-state index contributed by atoms with van der Waals surface area (Å²) in [5, 5.41) is 2.26. The van der Waals surface area contributed by atoms with Gasteiger partial charge in [-0.25, -0.2) is 0 Å². The maximum absolute atomic E-state index is 12.2. The van der Waals surface area contributed by atoms with E-state index in [0.717, 1.165) is 16.5 Å². The zero-order valence-electron chi connectivity index (χ0n) is 14.0. The van der Waals surface area contributed by atoms with Crippen LogP contribution < -0.4 is 4.74 Å². The molecule has 0 N–H and O–H groups in total. The fraction of sp³-hybridized carbons (Fsp3) is 0.200. The van der Waals surface area contributed by atoms with E-state index in [1.54, 1.807) is 31.2 Å². The maximum atomic E-state index is 12.2. The third-order valence-corrected chi connectivity index (χ3v) is 5.35. The summed E-state index contributed by atoms with van der Waals surface area (Å²) in [5.41, 5.74) is 0.676. The third kappa shape index (κ3) is 4.38. The van der Waals surface area contributed by atoms with Crippen molar-refractivity contribution < 1.29 is 17.3 Å². The summed E-state index contributed by atoms with van der Waals surface area (Å²) in [5.74, 6) is 0.764. The molecule has 0 aromatic heterocycles. The van der Waals surface area contributed by atoms with Crippen LogP contribution in [0.15, 0.2) is 71.6 Å². The molecule has 0 atom stereocenters. The molecule has 0 aliphatic rings. The lowest BCUT2D eigenvalue weighted by Gasteiger charge is -2.09. The zero-order valence-corrected chi connectivity index (χ0v) is 14.8. The average Bonchev–Trinajstić information content (AvgIpc) is 2.61. The van der Waals surface area contributed by atoms with Crippen molar-refractivity contribution in [2.45, 2.75) is 18.2 Å². The minimum Gasteiger partial charge on any atom is -0.493 e. The lowest BCUT2D eigenvalue weighted by atomic mass is 10.1. The van der Waals surface area contributed by atoms with Crippen molar-refractivity contribution in [3.63, 3.8) is 0 Å². The van der Waals surface area contributed by atoms with Gasteiger partial charge in [0.2, 0.25) is 0 Å². The fourth-order valence-electron chi connectivity index (χ4n) is 2.58. The van der Waals surface area contributed by atoms with E-state index < -0.39 is 10.1 Å². The van der Waals surface area contributed by atoms with Crippen molar-refractivity contribution >= 4 is 20.9 Å². The predicted octanol–water partition coefficient (Wildman–Crippen LogP) is 4.32. The summed E-state index contributed by atoms with van der Waals surface area (Å²) in [6, 6.07) is 20.7. The summed E-state index contributed by atoms with van der Waals surface area (Å²) in [6.07, 6.45) is 0.484. The molecule has 25 heavy (non-hydrogen) atoms. The SMILES string of the molecule is Cc1ccccc1S(=O)(=O)OCCCOc1ccc2ccccc2c1. The van der Waals surface area contributed by atoms with Crippen molar-refractivity contribution in [3.8, 4) is 5.75 Å². The molecule has 3 aromatic carbocycles. The van der Waals surface area contributed by atoms with E-state index in [2.05, 4.69) is 0 Å². The second-order valence-electron chi connectivity index (χ2n) is 5.75. The molecule has 4 nitrogen and oxygen atoms in total. The third-order valence-electron chi connectivity index (χ3n) is 3.88. The van der Waals surface area contributed by atoms with Crippen LogP contribution in [0.4, 0.5) is 0 Å². The Morgan fingerprint density at radius 3 is 2.36 bits per heavy atom. The minimum absolute atomic E-state index is 0.0875. The summed E-state index contributed by atoms with van der Waals surface area (Å²) < 4.78 is 35.1. The van der Waals surface area contributed by atoms with Gasteiger partial charge < -0.3 is 4.74 Å². The van der Waals surface area contributed by atoms with E-state index in [-0.39, 0.29) is 11.5 Å². The molecule has 0 bridgehead atoms. The molecule has 130 valence electrons. The quantitative estimate of drug-likeness (QED) is 0.467. The van der Waals surface area contributed by atoms with Crippen LogP contribution in [0.2, 0.25) is 0 Å². The fourth-order valence-corrected chi connectivity index (χ4v) is 3.75. The van der Waals surface area contributed by atoms with E-state index in [1.807, 2.05) is 42.5 Å². The highest BCUT2D eigenvalue weighted by molar-refractivity contribution is 7.86. The van der Waals surface area contributed by atoms with Gasteiger partial charge in [0.1, 0.15) is 5.75 Å². The van der Waals surface area contributed by atoms with Crippen LogP contribution in [-0.4, -0.2) is 21.6 Å². The van der Waals surface area contributed by atoms with E-state index in [4.69, 9.17) is 8.92 Å². The van der Waals surface area contributed by atoms with Gasteiger partial charge in [-0.15, -0.1) is 0 Å². The number of hydrogen-bond acceptors (Lipinski definition) is 4. The lowest BCUT2D eigenvalue weighted by molar-refractivity contribution is 0.251. The Morgan fingerprint density at radius 1 is 0.840 bits per heavy atom. The molecule has 3 aromatic rings. The van der Waals surface area contributed by atoms with E-state index >= 15 is 0 Å². The first kappa shape index (κ1) is 17.5. The molecule has 3 rings (SSSR count). The largest absolute Gasteiger partial charge is 0.493 e. The van der Waals surface area contributed by atoms with E-state index in [9.17, 15) is 8.42 Å². The minimum atomic E-state index is -3.72. The lowest BCUT2D eigenvalue weighted by Crippen LogP contribution is -2.11. The van der Waals surface area contributed by atoms with Crippen LogP contribution in [-0.2, 0) is 14.3 Å². The highest BCUT2D eigenvalue weighted by atomic mass is 32.2. The molecular weight excluding hydrogens is 336 g/mol. The monoisotopic (exact) mass is 356 g/mol. The molecule has 0 radical (unpaired) electrons. The van der Waals surface area contributed by atoms with Gasteiger partial charge in [-0.2, -0.15) is 8.42 Å². The van der Waals surface area contributed by atoms with Crippen LogP contribution in [0, 0.1) is 6.92 Å². The second-order valence-corrected chi connectivity index (χ2v) is 7.34. The Hall–Kier alpha value is -2.37. The first-order valence-corrected chi connectivity index (χ1v) is 9.54. The Balaban J connectivity index is 1.50. The van der Waals surface area contributed by atoms with Crippen molar-refractivity contribution in [2.75, 3.05) is 13.2 Å². The molecule has 0 unspecified atom stereocenters. The number of aryl methyl sites for hydroxylation is 1. The van der Waals surface area contributed by atoms with Crippen molar-refractivity contribution in [1.82, 2.24) is 0 Å². The van der Waals surface area contributed by atoms with Gasteiger partial charge in [0.05, 0.1) is 18.1 Å². The normalized spacial score (nSPS) is 11.6. The van der Waals surface area contributed by atoms with Crippen LogP contribution in [0.25, 0.3) is 10.8 Å². The summed E-state index contributed by atoms with van der Waals surface area (Å²) in [6.45, 7) is 2.23. The standard InChI is InChI=1S/C20H20O4S/c1-16-7-2-5-10-20(16)25(21,22)24-14-6-13-23-19-12-11-17-8-3-4-9-18(17)15-19/h2-5,7-12,15H,6,13-14H2,1H3. The van der Waals surface area contributed by atoms with Crippen LogP contribution in [0.3, 0.4) is 0 Å². The molecule has 0 saturated heterocycles. The van der Waals surface area contributed by atoms with Gasteiger partial charge >= 0.3 is 0 Å². The van der Waals surface area contributed by atoms with Crippen LogP contribution in [0.1, 0.15) is 12.0 Å². The predicted molar refractivity (Wildman–Crippen MR) is 98.4 cm³/mol. The molecule has 0 amide bonds. The summed E-state index contributed by atoms with van der Waals surface area (Å²) in [7, 11) is -3.72. The first-order chi connectivity index (χ1) is 12.1. The Bertz CT molecular complexity index is 964. The average molecular weight is 356 g/mol. The number of hydrogen-bond donors (Lipinski definition) is 0. The van der Waals surface area contributed by atoms with Crippen LogP contribution in [0.5, 0.6) is 5.75 Å². The molecular formula is C20H20O4S. The molecule has 0 spiro atoms. The Kier molecular flexibility index (Phi) is 5.36. The van der Waals surface area contributed by atoms with Crippen molar-refractivity contribution in [1.29, 1.82) is 0 Å². The Morgan fingerprint density at radius 2 is 1.56 bits per heavy atom. The van der Waals surface area contributed by atoms with Gasteiger partial charge in [-0.1, -0.05) is 48.5 Å². The van der Waals surface area contributed by atoms with E-state index in [0.29, 0.717) is 18.6 Å². The van der Waals surface area contributed by atoms with Gasteiger partial charge in [0, 0.05) is 6.42 Å². The smallest absolute Gasteiger partial charge is 0.297 e. The van der Waals surface area contributed by atoms with Gasteiger partial charge in [0.25, 0.3) is 10.1 Å². The number of ether oxygens (including phenoxy) is 1.